The van der Waals surface area contributed by atoms with E-state index in [1.54, 1.807) is 30.3 Å². The zero-order chi connectivity index (χ0) is 19.7. The molecule has 3 rings (SSSR count). The molecule has 0 saturated carbocycles. The molecule has 2 aromatic rings. The van der Waals surface area contributed by atoms with Gasteiger partial charge >= 0.3 is 6.18 Å². The molecule has 1 unspecified atom stereocenters. The topological polar surface area (TPSA) is 69.6 Å². The predicted octanol–water partition coefficient (Wildman–Crippen LogP) is 2.49. The first-order valence-electron chi connectivity index (χ1n) is 8.25. The van der Waals surface area contributed by atoms with E-state index in [9.17, 15) is 27.9 Å². The number of hydrogen-bond acceptors (Lipinski definition) is 3. The molecular formula is C19H17F3N2O3. The summed E-state index contributed by atoms with van der Waals surface area (Å²) in [5.74, 6) is -1.68. The molecule has 8 heteroatoms. The Morgan fingerprint density at radius 3 is 2.52 bits per heavy atom. The third kappa shape index (κ3) is 3.80. The molecule has 0 bridgehead atoms. The smallest absolute Gasteiger partial charge is 0.372 e. The van der Waals surface area contributed by atoms with Crippen molar-refractivity contribution >= 4 is 17.5 Å². The van der Waals surface area contributed by atoms with Gasteiger partial charge in [0.2, 0.25) is 5.60 Å². The number of para-hydroxylation sites is 1. The van der Waals surface area contributed by atoms with Crippen LogP contribution in [-0.2, 0) is 22.3 Å². The number of aliphatic hydroxyl groups is 1. The quantitative estimate of drug-likeness (QED) is 0.804. The van der Waals surface area contributed by atoms with Crippen molar-refractivity contribution in [3.05, 3.63) is 65.7 Å². The lowest BCUT2D eigenvalue weighted by atomic mass is 10.0. The Balaban J connectivity index is 1.69. The Kier molecular flexibility index (Phi) is 4.93. The van der Waals surface area contributed by atoms with Gasteiger partial charge in [0.1, 0.15) is 0 Å². The summed E-state index contributed by atoms with van der Waals surface area (Å²) in [7, 11) is 0. The molecule has 0 spiro atoms. The summed E-state index contributed by atoms with van der Waals surface area (Å²) >= 11 is 0. The molecule has 5 nitrogen and oxygen atoms in total. The second kappa shape index (κ2) is 7.03. The fourth-order valence-electron chi connectivity index (χ4n) is 2.96. The number of anilines is 1. The van der Waals surface area contributed by atoms with E-state index in [1.165, 1.54) is 17.0 Å². The molecule has 2 N–H and O–H groups in total. The van der Waals surface area contributed by atoms with Crippen LogP contribution in [0.3, 0.4) is 0 Å². The Labute approximate surface area is 153 Å². The summed E-state index contributed by atoms with van der Waals surface area (Å²) in [4.78, 5) is 26.2. The largest absolute Gasteiger partial charge is 0.416 e. The first-order chi connectivity index (χ1) is 12.7. The summed E-state index contributed by atoms with van der Waals surface area (Å²) in [6.07, 6.45) is -4.59. The van der Waals surface area contributed by atoms with Crippen molar-refractivity contribution in [2.75, 3.05) is 11.4 Å². The third-order valence-corrected chi connectivity index (χ3v) is 4.45. The summed E-state index contributed by atoms with van der Waals surface area (Å²) in [5.41, 5.74) is -2.30. The molecule has 2 aromatic carbocycles. The number of amides is 2. The van der Waals surface area contributed by atoms with E-state index >= 15 is 0 Å². The van der Waals surface area contributed by atoms with Gasteiger partial charge in [-0.2, -0.15) is 13.2 Å². The minimum atomic E-state index is -4.49. The molecular weight excluding hydrogens is 361 g/mol. The second-order valence-electron chi connectivity index (χ2n) is 6.28. The molecule has 1 fully saturated rings. The highest BCUT2D eigenvalue weighted by Gasteiger charge is 2.51. The minimum absolute atomic E-state index is 0.102. The molecule has 1 atom stereocenters. The van der Waals surface area contributed by atoms with Crippen LogP contribution in [-0.4, -0.2) is 29.1 Å². The highest BCUT2D eigenvalue weighted by atomic mass is 19.4. The van der Waals surface area contributed by atoms with Crippen molar-refractivity contribution in [1.82, 2.24) is 5.32 Å². The Morgan fingerprint density at radius 1 is 1.15 bits per heavy atom. The minimum Gasteiger partial charge on any atom is -0.372 e. The van der Waals surface area contributed by atoms with Crippen molar-refractivity contribution in [2.45, 2.75) is 24.7 Å². The van der Waals surface area contributed by atoms with Gasteiger partial charge < -0.3 is 15.3 Å². The first-order valence-corrected chi connectivity index (χ1v) is 8.25. The summed E-state index contributed by atoms with van der Waals surface area (Å²) in [6.45, 7) is -0.0694. The molecule has 2 amide bonds. The highest BCUT2D eigenvalue weighted by Crippen LogP contribution is 2.30. The van der Waals surface area contributed by atoms with E-state index in [0.29, 0.717) is 5.69 Å². The number of carbonyl (C=O) groups is 2. The van der Waals surface area contributed by atoms with Gasteiger partial charge in [0.05, 0.1) is 5.56 Å². The van der Waals surface area contributed by atoms with Crippen molar-refractivity contribution in [3.63, 3.8) is 0 Å². The van der Waals surface area contributed by atoms with Gasteiger partial charge in [-0.05, 0) is 29.8 Å². The van der Waals surface area contributed by atoms with E-state index in [1.807, 2.05) is 0 Å². The van der Waals surface area contributed by atoms with E-state index in [2.05, 4.69) is 5.32 Å². The maximum atomic E-state index is 12.8. The van der Waals surface area contributed by atoms with Crippen LogP contribution in [0.1, 0.15) is 17.5 Å². The molecule has 1 saturated heterocycles. The lowest BCUT2D eigenvalue weighted by molar-refractivity contribution is -0.149. The normalized spacial score (nSPS) is 20.0. The molecule has 1 aliphatic heterocycles. The third-order valence-electron chi connectivity index (χ3n) is 4.45. The van der Waals surface area contributed by atoms with Crippen LogP contribution in [0.4, 0.5) is 18.9 Å². The fourth-order valence-corrected chi connectivity index (χ4v) is 2.96. The summed E-state index contributed by atoms with van der Waals surface area (Å²) in [6, 6.07) is 13.1. The van der Waals surface area contributed by atoms with Crippen LogP contribution in [0.2, 0.25) is 0 Å². The van der Waals surface area contributed by atoms with Crippen molar-refractivity contribution in [1.29, 1.82) is 0 Å². The Bertz CT molecular complexity index is 855. The van der Waals surface area contributed by atoms with Gasteiger partial charge in [-0.1, -0.05) is 30.3 Å². The SMILES string of the molecule is O=C(NCc1cccc(C(F)(F)F)c1)C1(O)CCN(c2ccccc2)C1=O. The molecule has 0 radical (unpaired) electrons. The number of nitrogens with zero attached hydrogens (tertiary/aromatic N) is 1. The van der Waals surface area contributed by atoms with Gasteiger partial charge in [0, 0.05) is 25.2 Å². The van der Waals surface area contributed by atoms with Crippen LogP contribution in [0.5, 0.6) is 0 Å². The second-order valence-corrected chi connectivity index (χ2v) is 6.28. The lowest BCUT2D eigenvalue weighted by Gasteiger charge is -2.22. The van der Waals surface area contributed by atoms with Gasteiger partial charge in [-0.25, -0.2) is 0 Å². The first kappa shape index (κ1) is 18.9. The number of halogens is 3. The molecule has 0 aromatic heterocycles. The summed E-state index contributed by atoms with van der Waals surface area (Å²) < 4.78 is 38.3. The predicted molar refractivity (Wildman–Crippen MR) is 91.7 cm³/mol. The molecule has 1 aliphatic rings. The number of alkyl halides is 3. The number of hydrogen-bond donors (Lipinski definition) is 2. The Morgan fingerprint density at radius 2 is 1.85 bits per heavy atom. The average molecular weight is 378 g/mol. The number of rotatable bonds is 4. The number of nitrogens with one attached hydrogen (secondary N) is 1. The van der Waals surface area contributed by atoms with E-state index in [-0.39, 0.29) is 25.1 Å². The van der Waals surface area contributed by atoms with Crippen LogP contribution in [0, 0.1) is 0 Å². The monoisotopic (exact) mass is 378 g/mol. The standard InChI is InChI=1S/C19H17F3N2O3/c20-19(21,22)14-6-4-5-13(11-14)12-23-16(25)18(27)9-10-24(17(18)26)15-7-2-1-3-8-15/h1-8,11,27H,9-10,12H2,(H,23,25). The zero-order valence-electron chi connectivity index (χ0n) is 14.2. The van der Waals surface area contributed by atoms with Gasteiger partial charge in [-0.15, -0.1) is 0 Å². The van der Waals surface area contributed by atoms with E-state index < -0.39 is 29.2 Å². The fraction of sp³-hybridized carbons (Fsp3) is 0.263. The highest BCUT2D eigenvalue weighted by molar-refractivity contribution is 6.16. The van der Waals surface area contributed by atoms with Crippen molar-refractivity contribution in [3.8, 4) is 0 Å². The Hall–Kier alpha value is -2.87. The van der Waals surface area contributed by atoms with E-state index in [0.717, 1.165) is 12.1 Å². The van der Waals surface area contributed by atoms with Crippen LogP contribution < -0.4 is 10.2 Å². The number of carbonyl (C=O) groups excluding carboxylic acids is 2. The van der Waals surface area contributed by atoms with Crippen LogP contribution in [0.25, 0.3) is 0 Å². The van der Waals surface area contributed by atoms with Gasteiger partial charge in [0.25, 0.3) is 11.8 Å². The zero-order valence-corrected chi connectivity index (χ0v) is 14.2. The van der Waals surface area contributed by atoms with Crippen molar-refractivity contribution < 1.29 is 27.9 Å². The maximum Gasteiger partial charge on any atom is 0.416 e. The van der Waals surface area contributed by atoms with Gasteiger partial charge in [-0.3, -0.25) is 9.59 Å². The molecule has 1 heterocycles. The van der Waals surface area contributed by atoms with Crippen molar-refractivity contribution in [2.24, 2.45) is 0 Å². The molecule has 0 aliphatic carbocycles. The number of benzene rings is 2. The van der Waals surface area contributed by atoms with E-state index in [4.69, 9.17) is 0 Å². The molecule has 27 heavy (non-hydrogen) atoms. The van der Waals surface area contributed by atoms with Crippen LogP contribution in [0.15, 0.2) is 54.6 Å². The summed E-state index contributed by atoms with van der Waals surface area (Å²) in [5, 5.41) is 12.9. The molecule has 142 valence electrons. The lowest BCUT2D eigenvalue weighted by Crippen LogP contribution is -2.52. The van der Waals surface area contributed by atoms with Crippen LogP contribution >= 0.6 is 0 Å². The average Bonchev–Trinajstić information content (AvgIpc) is 2.96. The maximum absolute atomic E-state index is 12.8. The van der Waals surface area contributed by atoms with Gasteiger partial charge in [0.15, 0.2) is 0 Å².